The summed E-state index contributed by atoms with van der Waals surface area (Å²) in [7, 11) is 3.85. The quantitative estimate of drug-likeness (QED) is 0.753. The molecule has 0 bridgehead atoms. The van der Waals surface area contributed by atoms with Crippen LogP contribution in [-0.2, 0) is 0 Å². The van der Waals surface area contributed by atoms with Gasteiger partial charge in [-0.1, -0.05) is 6.07 Å². The second kappa shape index (κ2) is 3.82. The van der Waals surface area contributed by atoms with Gasteiger partial charge in [-0.15, -0.1) is 0 Å². The van der Waals surface area contributed by atoms with Gasteiger partial charge in [0.2, 0.25) is 0 Å². The molecule has 15 heavy (non-hydrogen) atoms. The average molecular weight is 202 g/mol. The summed E-state index contributed by atoms with van der Waals surface area (Å²) < 4.78 is 5.77. The molecule has 1 aromatic carbocycles. The molecule has 78 valence electrons. The lowest BCUT2D eigenvalue weighted by molar-refractivity contribution is 0.304. The third-order valence-electron chi connectivity index (χ3n) is 2.38. The lowest BCUT2D eigenvalue weighted by Gasteiger charge is -2.18. The fraction of sp³-hybridized carbons (Fsp3) is 0.417. The molecule has 0 amide bonds. The molecule has 0 unspecified atom stereocenters. The van der Waals surface area contributed by atoms with Crippen LogP contribution >= 0.6 is 0 Å². The van der Waals surface area contributed by atoms with Crippen molar-refractivity contribution in [2.75, 3.05) is 19.0 Å². The number of hydrogen-bond donors (Lipinski definition) is 0. The van der Waals surface area contributed by atoms with E-state index in [1.807, 2.05) is 37.2 Å². The van der Waals surface area contributed by atoms with Gasteiger partial charge in [-0.2, -0.15) is 5.26 Å². The van der Waals surface area contributed by atoms with Crippen LogP contribution in [0.25, 0.3) is 0 Å². The summed E-state index contributed by atoms with van der Waals surface area (Å²) in [5.41, 5.74) is 1.55. The Labute approximate surface area is 89.9 Å². The lowest BCUT2D eigenvalue weighted by atomic mass is 10.1. The first-order valence-electron chi connectivity index (χ1n) is 5.09. The molecule has 1 aliphatic rings. The molecule has 0 N–H and O–H groups in total. The van der Waals surface area contributed by atoms with E-state index in [2.05, 4.69) is 6.07 Å². The number of anilines is 1. The second-order valence-electron chi connectivity index (χ2n) is 3.98. The van der Waals surface area contributed by atoms with Gasteiger partial charge in [0.05, 0.1) is 17.4 Å². The van der Waals surface area contributed by atoms with Crippen LogP contribution in [0.2, 0.25) is 0 Å². The fourth-order valence-corrected chi connectivity index (χ4v) is 1.53. The van der Waals surface area contributed by atoms with Crippen LogP contribution in [0.5, 0.6) is 5.75 Å². The summed E-state index contributed by atoms with van der Waals surface area (Å²) >= 11 is 0. The molecule has 1 fully saturated rings. The maximum absolute atomic E-state index is 9.01. The first-order chi connectivity index (χ1) is 7.22. The molecule has 0 spiro atoms. The molecule has 0 atom stereocenters. The number of rotatable bonds is 3. The Balaban J connectivity index is 2.38. The van der Waals surface area contributed by atoms with Crippen LogP contribution in [0.3, 0.4) is 0 Å². The number of para-hydroxylation sites is 1. The first kappa shape index (κ1) is 9.85. The number of ether oxygens (including phenoxy) is 1. The van der Waals surface area contributed by atoms with Gasteiger partial charge in [-0.05, 0) is 25.0 Å². The number of nitriles is 1. The highest BCUT2D eigenvalue weighted by Crippen LogP contribution is 2.35. The van der Waals surface area contributed by atoms with Crippen molar-refractivity contribution in [2.45, 2.75) is 18.9 Å². The maximum Gasteiger partial charge on any atom is 0.144 e. The predicted molar refractivity (Wildman–Crippen MR) is 59.1 cm³/mol. The van der Waals surface area contributed by atoms with Gasteiger partial charge in [-0.3, -0.25) is 0 Å². The maximum atomic E-state index is 9.01. The second-order valence-corrected chi connectivity index (χ2v) is 3.98. The Bertz CT molecular complexity index is 403. The molecule has 3 nitrogen and oxygen atoms in total. The zero-order valence-corrected chi connectivity index (χ0v) is 9.03. The van der Waals surface area contributed by atoms with Gasteiger partial charge >= 0.3 is 0 Å². The van der Waals surface area contributed by atoms with E-state index < -0.39 is 0 Å². The molecular formula is C12H14N2O. The minimum atomic E-state index is 0.359. The van der Waals surface area contributed by atoms with Gasteiger partial charge < -0.3 is 9.64 Å². The third-order valence-corrected chi connectivity index (χ3v) is 2.38. The standard InChI is InChI=1S/C12H14N2O/c1-14(2)12-9(8-13)4-3-5-11(12)15-10-6-7-10/h3-5,10H,6-7H2,1-2H3. The summed E-state index contributed by atoms with van der Waals surface area (Å²) in [5, 5.41) is 9.01. The van der Waals surface area contributed by atoms with Crippen molar-refractivity contribution in [3.05, 3.63) is 23.8 Å². The van der Waals surface area contributed by atoms with Crippen LogP contribution in [0.15, 0.2) is 18.2 Å². The topological polar surface area (TPSA) is 36.3 Å². The van der Waals surface area contributed by atoms with Gasteiger partial charge in [0.25, 0.3) is 0 Å². The first-order valence-corrected chi connectivity index (χ1v) is 5.09. The Kier molecular flexibility index (Phi) is 2.51. The molecule has 2 rings (SSSR count). The van der Waals surface area contributed by atoms with Crippen LogP contribution in [0.1, 0.15) is 18.4 Å². The highest BCUT2D eigenvalue weighted by atomic mass is 16.5. The molecule has 1 aromatic rings. The molecular weight excluding hydrogens is 188 g/mol. The van der Waals surface area contributed by atoms with E-state index >= 15 is 0 Å². The average Bonchev–Trinajstić information content (AvgIpc) is 3.01. The van der Waals surface area contributed by atoms with Crippen molar-refractivity contribution in [3.63, 3.8) is 0 Å². The Hall–Kier alpha value is -1.69. The summed E-state index contributed by atoms with van der Waals surface area (Å²) in [5.74, 6) is 0.821. The summed E-state index contributed by atoms with van der Waals surface area (Å²) in [4.78, 5) is 1.93. The minimum absolute atomic E-state index is 0.359. The zero-order chi connectivity index (χ0) is 10.8. The molecule has 0 aliphatic heterocycles. The van der Waals surface area contributed by atoms with E-state index in [0.717, 1.165) is 24.3 Å². The third kappa shape index (κ3) is 2.04. The normalized spacial score (nSPS) is 14.5. The molecule has 0 heterocycles. The molecule has 0 radical (unpaired) electrons. The van der Waals surface area contributed by atoms with Crippen molar-refractivity contribution in [1.29, 1.82) is 5.26 Å². The summed E-state index contributed by atoms with van der Waals surface area (Å²) in [6.45, 7) is 0. The van der Waals surface area contributed by atoms with E-state index in [9.17, 15) is 0 Å². The van der Waals surface area contributed by atoms with Crippen LogP contribution in [-0.4, -0.2) is 20.2 Å². The van der Waals surface area contributed by atoms with Crippen molar-refractivity contribution < 1.29 is 4.74 Å². The lowest BCUT2D eigenvalue weighted by Crippen LogP contribution is -2.13. The summed E-state index contributed by atoms with van der Waals surface area (Å²) in [6, 6.07) is 7.79. The van der Waals surface area contributed by atoms with Crippen LogP contribution < -0.4 is 9.64 Å². The van der Waals surface area contributed by atoms with Crippen LogP contribution in [0.4, 0.5) is 5.69 Å². The molecule has 0 aromatic heterocycles. The fourth-order valence-electron chi connectivity index (χ4n) is 1.53. The molecule has 0 saturated heterocycles. The van der Waals surface area contributed by atoms with E-state index in [-0.39, 0.29) is 0 Å². The smallest absolute Gasteiger partial charge is 0.144 e. The molecule has 1 aliphatic carbocycles. The number of benzene rings is 1. The van der Waals surface area contributed by atoms with E-state index in [4.69, 9.17) is 10.00 Å². The Morgan fingerprint density at radius 3 is 2.67 bits per heavy atom. The van der Waals surface area contributed by atoms with Crippen molar-refractivity contribution >= 4 is 5.69 Å². The molecule has 3 heteroatoms. The van der Waals surface area contributed by atoms with Crippen molar-refractivity contribution in [1.82, 2.24) is 0 Å². The predicted octanol–water partition coefficient (Wildman–Crippen LogP) is 2.17. The molecule has 1 saturated carbocycles. The van der Waals surface area contributed by atoms with Gasteiger partial charge in [0, 0.05) is 14.1 Å². The largest absolute Gasteiger partial charge is 0.488 e. The Morgan fingerprint density at radius 2 is 2.13 bits per heavy atom. The number of hydrogen-bond acceptors (Lipinski definition) is 3. The Morgan fingerprint density at radius 1 is 1.40 bits per heavy atom. The highest BCUT2D eigenvalue weighted by Gasteiger charge is 2.25. The van der Waals surface area contributed by atoms with E-state index in [1.165, 1.54) is 0 Å². The minimum Gasteiger partial charge on any atom is -0.488 e. The zero-order valence-electron chi connectivity index (χ0n) is 9.03. The SMILES string of the molecule is CN(C)c1c(C#N)cccc1OC1CC1. The van der Waals surface area contributed by atoms with Crippen molar-refractivity contribution in [3.8, 4) is 11.8 Å². The van der Waals surface area contributed by atoms with Crippen molar-refractivity contribution in [2.24, 2.45) is 0 Å². The van der Waals surface area contributed by atoms with E-state index in [0.29, 0.717) is 11.7 Å². The number of nitrogens with zero attached hydrogens (tertiary/aromatic N) is 2. The van der Waals surface area contributed by atoms with Gasteiger partial charge in [0.1, 0.15) is 11.8 Å². The highest BCUT2D eigenvalue weighted by molar-refractivity contribution is 5.67. The monoisotopic (exact) mass is 202 g/mol. The van der Waals surface area contributed by atoms with Crippen LogP contribution in [0, 0.1) is 11.3 Å². The van der Waals surface area contributed by atoms with Gasteiger partial charge in [-0.25, -0.2) is 0 Å². The summed E-state index contributed by atoms with van der Waals surface area (Å²) in [6.07, 6.45) is 2.62. The van der Waals surface area contributed by atoms with E-state index in [1.54, 1.807) is 0 Å². The van der Waals surface area contributed by atoms with Gasteiger partial charge in [0.15, 0.2) is 0 Å².